The molecule has 0 spiro atoms. The van der Waals surface area contributed by atoms with Gasteiger partial charge in [0.05, 0.1) is 13.0 Å². The summed E-state index contributed by atoms with van der Waals surface area (Å²) in [6.45, 7) is 0.414. The zero-order valence-electron chi connectivity index (χ0n) is 20.0. The lowest BCUT2D eigenvalue weighted by atomic mass is 10.1. The maximum absolute atomic E-state index is 12.4. The monoisotopic (exact) mass is 537 g/mol. The predicted octanol–water partition coefficient (Wildman–Crippen LogP) is 1.77. The third-order valence-electron chi connectivity index (χ3n) is 4.76. The molecule has 0 fully saturated rings. The second kappa shape index (κ2) is 14.2. The molecule has 0 saturated heterocycles. The maximum Gasteiger partial charge on any atom is 0.573 e. The molecule has 1 aromatic carbocycles. The number of amides is 3. The number of alkyl halides is 3. The highest BCUT2D eigenvalue weighted by Gasteiger charge is 2.31. The Morgan fingerprint density at radius 2 is 1.92 bits per heavy atom. The lowest BCUT2D eigenvalue weighted by Crippen LogP contribution is -2.34. The molecule has 0 bridgehead atoms. The molecule has 0 atom stereocenters. The van der Waals surface area contributed by atoms with E-state index in [0.29, 0.717) is 31.5 Å². The van der Waals surface area contributed by atoms with Crippen molar-refractivity contribution in [1.82, 2.24) is 15.2 Å². The zero-order valence-corrected chi connectivity index (χ0v) is 20.0. The van der Waals surface area contributed by atoms with Crippen LogP contribution in [0.25, 0.3) is 0 Å². The molecule has 0 aliphatic heterocycles. The Labute approximate surface area is 214 Å². The SMILES string of the molecule is N=N/C(=C\NCCCCn1ccc(NC(=O)Cc2cccc(OC(F)(F)F)c2)cc1=O)C(=O)NCC(N)=O. The lowest BCUT2D eigenvalue weighted by molar-refractivity contribution is -0.274. The largest absolute Gasteiger partial charge is 0.573 e. The number of nitrogens with one attached hydrogen (secondary N) is 4. The first-order valence-corrected chi connectivity index (χ1v) is 11.2. The minimum atomic E-state index is -4.84. The summed E-state index contributed by atoms with van der Waals surface area (Å²) in [5, 5.41) is 10.6. The van der Waals surface area contributed by atoms with Crippen LogP contribution in [0.4, 0.5) is 18.9 Å². The molecule has 0 unspecified atom stereocenters. The van der Waals surface area contributed by atoms with Gasteiger partial charge in [-0.2, -0.15) is 5.11 Å². The number of pyridine rings is 1. The maximum atomic E-state index is 12.4. The second-order valence-corrected chi connectivity index (χ2v) is 7.82. The Balaban J connectivity index is 1.79. The highest BCUT2D eigenvalue weighted by Crippen LogP contribution is 2.23. The summed E-state index contributed by atoms with van der Waals surface area (Å²) in [5.74, 6) is -2.42. The molecule has 6 N–H and O–H groups in total. The van der Waals surface area contributed by atoms with Gasteiger partial charge in [-0.15, -0.1) is 13.2 Å². The molecule has 3 amide bonds. The number of aromatic nitrogens is 1. The molecule has 38 heavy (non-hydrogen) atoms. The summed E-state index contributed by atoms with van der Waals surface area (Å²) in [7, 11) is 0. The van der Waals surface area contributed by atoms with E-state index in [1.807, 2.05) is 0 Å². The first-order valence-electron chi connectivity index (χ1n) is 11.2. The third-order valence-corrected chi connectivity index (χ3v) is 4.76. The average Bonchev–Trinajstić information content (AvgIpc) is 2.82. The summed E-state index contributed by atoms with van der Waals surface area (Å²) in [6, 6.07) is 7.80. The Hall–Kier alpha value is -4.69. The average molecular weight is 537 g/mol. The van der Waals surface area contributed by atoms with Crippen molar-refractivity contribution in [3.05, 3.63) is 70.4 Å². The van der Waals surface area contributed by atoms with Crippen LogP contribution in [0.2, 0.25) is 0 Å². The molecule has 204 valence electrons. The molecule has 1 heterocycles. The van der Waals surface area contributed by atoms with Crippen molar-refractivity contribution < 1.29 is 32.3 Å². The number of primary amides is 1. The molecule has 0 aliphatic rings. The highest BCUT2D eigenvalue weighted by atomic mass is 19.4. The summed E-state index contributed by atoms with van der Waals surface area (Å²) in [5.41, 5.74) is 11.9. The number of ether oxygens (including phenoxy) is 1. The number of benzene rings is 1. The number of carbonyl (C=O) groups is 3. The summed E-state index contributed by atoms with van der Waals surface area (Å²) < 4.78 is 42.4. The second-order valence-electron chi connectivity index (χ2n) is 7.82. The quantitative estimate of drug-likeness (QED) is 0.139. The summed E-state index contributed by atoms with van der Waals surface area (Å²) in [6.07, 6.45) is -1.14. The number of hydrogen-bond donors (Lipinski definition) is 5. The van der Waals surface area contributed by atoms with Crippen LogP contribution in [0, 0.1) is 5.53 Å². The van der Waals surface area contributed by atoms with Gasteiger partial charge >= 0.3 is 6.36 Å². The number of rotatable bonds is 14. The van der Waals surface area contributed by atoms with E-state index >= 15 is 0 Å². The minimum absolute atomic E-state index is 0.221. The minimum Gasteiger partial charge on any atom is -0.406 e. The van der Waals surface area contributed by atoms with Crippen molar-refractivity contribution in [2.75, 3.05) is 18.4 Å². The molecule has 0 radical (unpaired) electrons. The molecule has 12 nitrogen and oxygen atoms in total. The number of hydrogen-bond acceptors (Lipinski definition) is 8. The van der Waals surface area contributed by atoms with Crippen LogP contribution in [-0.4, -0.2) is 41.7 Å². The van der Waals surface area contributed by atoms with Crippen LogP contribution in [0.5, 0.6) is 5.75 Å². The number of carbonyl (C=O) groups excluding carboxylic acids is 3. The predicted molar refractivity (Wildman–Crippen MR) is 129 cm³/mol. The number of anilines is 1. The fourth-order valence-electron chi connectivity index (χ4n) is 3.10. The van der Waals surface area contributed by atoms with Crippen molar-refractivity contribution in [2.45, 2.75) is 32.2 Å². The van der Waals surface area contributed by atoms with Gasteiger partial charge in [-0.25, -0.2) is 5.53 Å². The molecule has 15 heteroatoms. The van der Waals surface area contributed by atoms with Gasteiger partial charge in [-0.05, 0) is 36.6 Å². The van der Waals surface area contributed by atoms with Gasteiger partial charge in [0, 0.05) is 37.2 Å². The number of aryl methyl sites for hydroxylation is 1. The summed E-state index contributed by atoms with van der Waals surface area (Å²) >= 11 is 0. The summed E-state index contributed by atoms with van der Waals surface area (Å²) in [4.78, 5) is 47.0. The van der Waals surface area contributed by atoms with Crippen molar-refractivity contribution in [3.8, 4) is 5.75 Å². The van der Waals surface area contributed by atoms with Gasteiger partial charge in [0.2, 0.25) is 11.8 Å². The van der Waals surface area contributed by atoms with Gasteiger partial charge in [0.15, 0.2) is 5.70 Å². The van der Waals surface area contributed by atoms with E-state index in [4.69, 9.17) is 11.3 Å². The van der Waals surface area contributed by atoms with Crippen LogP contribution < -0.4 is 32.0 Å². The Bertz CT molecular complexity index is 1240. The first kappa shape index (κ1) is 29.5. The Morgan fingerprint density at radius 3 is 2.58 bits per heavy atom. The van der Waals surface area contributed by atoms with Crippen LogP contribution >= 0.6 is 0 Å². The number of unbranched alkanes of at least 4 members (excludes halogenated alkanes) is 1. The van der Waals surface area contributed by atoms with Crippen LogP contribution in [-0.2, 0) is 27.3 Å². The van der Waals surface area contributed by atoms with Gasteiger partial charge in [-0.3, -0.25) is 19.2 Å². The van der Waals surface area contributed by atoms with Crippen LogP contribution in [0.15, 0.2) is 64.4 Å². The van der Waals surface area contributed by atoms with Gasteiger partial charge in [-0.1, -0.05) is 12.1 Å². The van der Waals surface area contributed by atoms with Gasteiger partial charge in [0.25, 0.3) is 11.5 Å². The van der Waals surface area contributed by atoms with E-state index in [-0.39, 0.29) is 29.9 Å². The topological polar surface area (TPSA) is 181 Å². The molecule has 2 aromatic rings. The standard InChI is InChI=1S/C23H26F3N7O5/c24-23(25,26)38-17-5-3-4-15(10-17)11-20(35)31-16-6-9-33(21(36)12-16)8-2-1-7-29-13-18(32-28)22(37)30-14-19(27)34/h3-6,9-10,12-13,28-29H,1-2,7-8,11,14H2,(H2,27,34)(H,30,37)(H,31,35)/b18-13-,32-28?. The van der Waals surface area contributed by atoms with Crippen LogP contribution in [0.1, 0.15) is 18.4 Å². The molecule has 0 aliphatic carbocycles. The van der Waals surface area contributed by atoms with Crippen molar-refractivity contribution in [3.63, 3.8) is 0 Å². The fourth-order valence-corrected chi connectivity index (χ4v) is 3.10. The Morgan fingerprint density at radius 1 is 1.16 bits per heavy atom. The van der Waals surface area contributed by atoms with Gasteiger partial charge < -0.3 is 31.0 Å². The smallest absolute Gasteiger partial charge is 0.406 e. The normalized spacial score (nSPS) is 11.4. The number of nitrogens with zero attached hydrogens (tertiary/aromatic N) is 2. The van der Waals surface area contributed by atoms with Crippen molar-refractivity contribution >= 4 is 23.4 Å². The fraction of sp³-hybridized carbons (Fsp3) is 0.304. The third kappa shape index (κ3) is 10.9. The van der Waals surface area contributed by atoms with E-state index in [9.17, 15) is 32.3 Å². The number of halogens is 3. The van der Waals surface area contributed by atoms with Crippen molar-refractivity contribution in [2.24, 2.45) is 10.8 Å². The van der Waals surface area contributed by atoms with E-state index in [0.717, 1.165) is 12.1 Å². The zero-order chi connectivity index (χ0) is 28.1. The first-order chi connectivity index (χ1) is 18.0. The van der Waals surface area contributed by atoms with E-state index in [2.05, 4.69) is 25.8 Å². The molecular formula is C23H26F3N7O5. The number of nitrogens with two attached hydrogens (primary N) is 1. The van der Waals surface area contributed by atoms with Crippen LogP contribution in [0.3, 0.4) is 0 Å². The van der Waals surface area contributed by atoms with Gasteiger partial charge in [0.1, 0.15) is 5.75 Å². The molecule has 2 rings (SSSR count). The molecular weight excluding hydrogens is 511 g/mol. The lowest BCUT2D eigenvalue weighted by Gasteiger charge is -2.11. The van der Waals surface area contributed by atoms with E-state index in [1.54, 1.807) is 0 Å². The molecule has 0 saturated carbocycles. The molecule has 1 aromatic heterocycles. The van der Waals surface area contributed by atoms with Crippen molar-refractivity contribution in [1.29, 1.82) is 5.53 Å². The van der Waals surface area contributed by atoms with E-state index in [1.165, 1.54) is 41.2 Å². The highest BCUT2D eigenvalue weighted by molar-refractivity contribution is 5.95. The van der Waals surface area contributed by atoms with E-state index < -0.39 is 29.8 Å². The Kier molecular flexibility index (Phi) is 11.0.